The lowest BCUT2D eigenvalue weighted by molar-refractivity contribution is -0.00629. The Morgan fingerprint density at radius 1 is 1.16 bits per heavy atom. The van der Waals surface area contributed by atoms with Gasteiger partial charge in [0, 0.05) is 44.1 Å². The number of aryl methyl sites for hydroxylation is 2. The molecule has 2 aliphatic rings. The molecule has 2 fully saturated rings. The van der Waals surface area contributed by atoms with Gasteiger partial charge in [-0.25, -0.2) is 4.68 Å². The Morgan fingerprint density at radius 2 is 2.00 bits per heavy atom. The summed E-state index contributed by atoms with van der Waals surface area (Å²) in [5, 5.41) is 4.47. The van der Waals surface area contributed by atoms with Crippen LogP contribution >= 0.6 is 0 Å². The highest BCUT2D eigenvalue weighted by Crippen LogP contribution is 2.28. The van der Waals surface area contributed by atoms with Gasteiger partial charge in [0.1, 0.15) is 0 Å². The zero-order chi connectivity index (χ0) is 17.4. The minimum absolute atomic E-state index is 0.759. The fourth-order valence-electron chi connectivity index (χ4n) is 4.56. The molecule has 1 aromatic heterocycles. The van der Waals surface area contributed by atoms with Gasteiger partial charge in [0.15, 0.2) is 0 Å². The summed E-state index contributed by atoms with van der Waals surface area (Å²) in [6, 6.07) is 8.08. The second kappa shape index (κ2) is 6.93. The average molecular weight is 338 g/mol. The largest absolute Gasteiger partial charge is 0.296 e. The zero-order valence-corrected chi connectivity index (χ0v) is 15.8. The standard InChI is InChI=1S/C21H30N4/c1-16-11-17(2)20(21(12-16)25-10-6-8-22-25)15-23-13-19(14-23)24-9-5-4-7-18(24)3/h6,8,10-12,18-19H,4-5,7,9,13-15H2,1-3H3/t18-/m1/s1. The first-order valence-corrected chi connectivity index (χ1v) is 9.70. The number of piperidine rings is 1. The van der Waals surface area contributed by atoms with Crippen LogP contribution in [0.2, 0.25) is 0 Å². The lowest BCUT2D eigenvalue weighted by Crippen LogP contribution is -2.61. The van der Waals surface area contributed by atoms with Gasteiger partial charge < -0.3 is 0 Å². The monoisotopic (exact) mass is 338 g/mol. The van der Waals surface area contributed by atoms with Crippen molar-refractivity contribution in [3.63, 3.8) is 0 Å². The number of rotatable bonds is 4. The molecule has 0 spiro atoms. The number of benzene rings is 1. The Hall–Kier alpha value is -1.65. The van der Waals surface area contributed by atoms with E-state index in [2.05, 4.69) is 47.8 Å². The first kappa shape index (κ1) is 16.8. The van der Waals surface area contributed by atoms with Gasteiger partial charge in [0.05, 0.1) is 5.69 Å². The maximum Gasteiger partial charge on any atom is 0.0695 e. The number of nitrogens with zero attached hydrogens (tertiary/aromatic N) is 4. The highest BCUT2D eigenvalue weighted by atomic mass is 15.3. The third-order valence-electron chi connectivity index (χ3n) is 5.99. The Balaban J connectivity index is 1.47. The summed E-state index contributed by atoms with van der Waals surface area (Å²) in [6.45, 7) is 11.5. The van der Waals surface area contributed by atoms with Gasteiger partial charge in [-0.3, -0.25) is 9.80 Å². The van der Waals surface area contributed by atoms with Crippen molar-refractivity contribution in [1.82, 2.24) is 19.6 Å². The van der Waals surface area contributed by atoms with Gasteiger partial charge >= 0.3 is 0 Å². The van der Waals surface area contributed by atoms with E-state index in [0.717, 1.165) is 18.6 Å². The van der Waals surface area contributed by atoms with Gasteiger partial charge in [0.25, 0.3) is 0 Å². The van der Waals surface area contributed by atoms with E-state index in [0.29, 0.717) is 0 Å². The molecule has 0 bridgehead atoms. The van der Waals surface area contributed by atoms with Crippen LogP contribution in [0.25, 0.3) is 5.69 Å². The summed E-state index contributed by atoms with van der Waals surface area (Å²) in [6.07, 6.45) is 8.06. The molecule has 0 radical (unpaired) electrons. The van der Waals surface area contributed by atoms with E-state index in [-0.39, 0.29) is 0 Å². The third-order valence-corrected chi connectivity index (χ3v) is 5.99. The molecule has 0 amide bonds. The lowest BCUT2D eigenvalue weighted by atomic mass is 9.96. The first-order chi connectivity index (χ1) is 12.1. The first-order valence-electron chi connectivity index (χ1n) is 9.70. The molecule has 1 atom stereocenters. The normalized spacial score (nSPS) is 22.9. The van der Waals surface area contributed by atoms with Crippen LogP contribution in [0.1, 0.15) is 42.9 Å². The van der Waals surface area contributed by atoms with E-state index in [9.17, 15) is 0 Å². The summed E-state index contributed by atoms with van der Waals surface area (Å²) in [5.41, 5.74) is 5.33. The molecule has 2 aromatic rings. The molecule has 0 aliphatic carbocycles. The quantitative estimate of drug-likeness (QED) is 0.852. The van der Waals surface area contributed by atoms with Crippen LogP contribution in [-0.2, 0) is 6.54 Å². The van der Waals surface area contributed by atoms with E-state index < -0.39 is 0 Å². The van der Waals surface area contributed by atoms with E-state index in [4.69, 9.17) is 0 Å². The van der Waals surface area contributed by atoms with Crippen LogP contribution < -0.4 is 0 Å². The van der Waals surface area contributed by atoms with Gasteiger partial charge in [-0.1, -0.05) is 12.5 Å². The maximum absolute atomic E-state index is 4.47. The average Bonchev–Trinajstić information content (AvgIpc) is 3.07. The van der Waals surface area contributed by atoms with Gasteiger partial charge in [-0.05, 0) is 69.0 Å². The predicted octanol–water partition coefficient (Wildman–Crippen LogP) is 3.55. The van der Waals surface area contributed by atoms with Crippen molar-refractivity contribution in [1.29, 1.82) is 0 Å². The summed E-state index contributed by atoms with van der Waals surface area (Å²) in [7, 11) is 0. The SMILES string of the molecule is Cc1cc(C)c(CN2CC(N3CCCC[C@H]3C)C2)c(-n2cccn2)c1. The minimum Gasteiger partial charge on any atom is -0.296 e. The molecular weight excluding hydrogens is 308 g/mol. The van der Waals surface area contributed by atoms with Gasteiger partial charge in [-0.2, -0.15) is 5.10 Å². The second-order valence-electron chi connectivity index (χ2n) is 7.96. The highest BCUT2D eigenvalue weighted by molar-refractivity contribution is 5.48. The smallest absolute Gasteiger partial charge is 0.0695 e. The Labute approximate surface area is 151 Å². The minimum atomic E-state index is 0.759. The van der Waals surface area contributed by atoms with E-state index in [1.165, 1.54) is 61.3 Å². The summed E-state index contributed by atoms with van der Waals surface area (Å²) in [4.78, 5) is 5.34. The van der Waals surface area contributed by atoms with Crippen LogP contribution in [-0.4, -0.2) is 51.3 Å². The molecule has 1 aromatic carbocycles. The van der Waals surface area contributed by atoms with Crippen LogP contribution in [0.4, 0.5) is 0 Å². The van der Waals surface area contributed by atoms with Crippen molar-refractivity contribution < 1.29 is 0 Å². The lowest BCUT2D eigenvalue weighted by Gasteiger charge is -2.49. The topological polar surface area (TPSA) is 24.3 Å². The van der Waals surface area contributed by atoms with Crippen LogP contribution in [0.3, 0.4) is 0 Å². The fraction of sp³-hybridized carbons (Fsp3) is 0.571. The molecule has 25 heavy (non-hydrogen) atoms. The molecule has 2 aliphatic heterocycles. The molecule has 2 saturated heterocycles. The molecule has 4 rings (SSSR count). The molecule has 0 N–H and O–H groups in total. The zero-order valence-electron chi connectivity index (χ0n) is 15.8. The maximum atomic E-state index is 4.47. The predicted molar refractivity (Wildman–Crippen MR) is 102 cm³/mol. The molecule has 0 unspecified atom stereocenters. The van der Waals surface area contributed by atoms with Crippen molar-refractivity contribution in [3.05, 3.63) is 47.3 Å². The Kier molecular flexibility index (Phi) is 4.65. The molecule has 4 nitrogen and oxygen atoms in total. The number of hydrogen-bond acceptors (Lipinski definition) is 3. The van der Waals surface area contributed by atoms with Crippen molar-refractivity contribution >= 4 is 0 Å². The summed E-state index contributed by atoms with van der Waals surface area (Å²) >= 11 is 0. The van der Waals surface area contributed by atoms with Crippen LogP contribution in [0.15, 0.2) is 30.6 Å². The summed E-state index contributed by atoms with van der Waals surface area (Å²) < 4.78 is 2.01. The van der Waals surface area contributed by atoms with Crippen molar-refractivity contribution in [2.24, 2.45) is 0 Å². The van der Waals surface area contributed by atoms with Gasteiger partial charge in [0.2, 0.25) is 0 Å². The van der Waals surface area contributed by atoms with Crippen LogP contribution in [0.5, 0.6) is 0 Å². The van der Waals surface area contributed by atoms with Crippen molar-refractivity contribution in [3.8, 4) is 5.69 Å². The number of aromatic nitrogens is 2. The number of likely N-dealkylation sites (tertiary alicyclic amines) is 2. The van der Waals surface area contributed by atoms with Gasteiger partial charge in [-0.15, -0.1) is 0 Å². The van der Waals surface area contributed by atoms with Crippen molar-refractivity contribution in [2.45, 2.75) is 58.7 Å². The van der Waals surface area contributed by atoms with E-state index in [1.807, 2.05) is 23.1 Å². The Morgan fingerprint density at radius 3 is 2.72 bits per heavy atom. The molecule has 4 heteroatoms. The van der Waals surface area contributed by atoms with E-state index in [1.54, 1.807) is 0 Å². The molecule has 134 valence electrons. The Bertz CT molecular complexity index is 716. The van der Waals surface area contributed by atoms with E-state index >= 15 is 0 Å². The number of hydrogen-bond donors (Lipinski definition) is 0. The highest BCUT2D eigenvalue weighted by Gasteiger charge is 2.35. The van der Waals surface area contributed by atoms with Crippen LogP contribution in [0, 0.1) is 13.8 Å². The third kappa shape index (κ3) is 3.38. The molecular formula is C21H30N4. The molecule has 0 saturated carbocycles. The van der Waals surface area contributed by atoms with Crippen molar-refractivity contribution in [2.75, 3.05) is 19.6 Å². The molecule has 3 heterocycles. The summed E-state index contributed by atoms with van der Waals surface area (Å²) in [5.74, 6) is 0. The second-order valence-corrected chi connectivity index (χ2v) is 7.96. The fourth-order valence-corrected chi connectivity index (χ4v) is 4.56.